The number of amides is 1. The molecule has 1 saturated heterocycles. The zero-order chi connectivity index (χ0) is 19.2. The molecule has 6 nitrogen and oxygen atoms in total. The fourth-order valence-electron chi connectivity index (χ4n) is 3.51. The number of carbonyl (C=O) groups is 1. The third-order valence-corrected chi connectivity index (χ3v) is 6.03. The Morgan fingerprint density at radius 2 is 1.82 bits per heavy atom. The van der Waals surface area contributed by atoms with E-state index in [1.165, 1.54) is 19.3 Å². The van der Waals surface area contributed by atoms with E-state index in [1.54, 1.807) is 22.9 Å². The number of para-hydroxylation sites is 1. The highest BCUT2D eigenvalue weighted by atomic mass is 32.2. The minimum atomic E-state index is -0.424. The van der Waals surface area contributed by atoms with Crippen LogP contribution in [0, 0.1) is 0 Å². The Morgan fingerprint density at radius 3 is 2.71 bits per heavy atom. The highest BCUT2D eigenvalue weighted by molar-refractivity contribution is 7.99. The number of rotatable bonds is 6. The quantitative estimate of drug-likeness (QED) is 0.674. The molecule has 0 saturated carbocycles. The van der Waals surface area contributed by atoms with Crippen LogP contribution in [0.5, 0.6) is 0 Å². The predicted molar refractivity (Wildman–Crippen MR) is 109 cm³/mol. The summed E-state index contributed by atoms with van der Waals surface area (Å²) >= 11 is 1.61. The molecule has 0 bridgehead atoms. The van der Waals surface area contributed by atoms with Crippen molar-refractivity contribution in [2.24, 2.45) is 0 Å². The second-order valence-electron chi connectivity index (χ2n) is 6.86. The SMILES string of the molecule is O=C(OCCOCCN1CCCCC1)N1c2ccccc2Sc2cccnc21. The van der Waals surface area contributed by atoms with E-state index in [0.29, 0.717) is 19.0 Å². The first kappa shape index (κ1) is 19.2. The molecule has 2 aliphatic rings. The Labute approximate surface area is 169 Å². The number of hydrogen-bond donors (Lipinski definition) is 0. The number of fused-ring (bicyclic) bond motifs is 2. The molecule has 2 aromatic rings. The van der Waals surface area contributed by atoms with Crippen LogP contribution in [0.15, 0.2) is 52.4 Å². The first-order chi connectivity index (χ1) is 13.8. The van der Waals surface area contributed by atoms with Gasteiger partial charge in [-0.3, -0.25) is 0 Å². The molecule has 28 heavy (non-hydrogen) atoms. The van der Waals surface area contributed by atoms with Crippen molar-refractivity contribution in [3.63, 3.8) is 0 Å². The standard InChI is InChI=1S/C21H25N3O3S/c25-21(27-16-15-26-14-13-23-11-4-1-5-12-23)24-17-7-2-3-8-18(17)28-19-9-6-10-22-20(19)24/h2-3,6-10H,1,4-5,11-16H2. The number of benzene rings is 1. The van der Waals surface area contributed by atoms with Gasteiger partial charge in [-0.25, -0.2) is 14.7 Å². The lowest BCUT2D eigenvalue weighted by Crippen LogP contribution is -2.33. The summed E-state index contributed by atoms with van der Waals surface area (Å²) in [6.45, 7) is 4.58. The maximum absolute atomic E-state index is 12.8. The number of piperidine rings is 1. The minimum absolute atomic E-state index is 0.229. The zero-order valence-corrected chi connectivity index (χ0v) is 16.7. The number of anilines is 2. The molecule has 1 fully saturated rings. The van der Waals surface area contributed by atoms with Crippen molar-refractivity contribution >= 4 is 29.4 Å². The van der Waals surface area contributed by atoms with Crippen molar-refractivity contribution < 1.29 is 14.3 Å². The Balaban J connectivity index is 1.30. The van der Waals surface area contributed by atoms with Crippen LogP contribution in [-0.4, -0.2) is 55.4 Å². The molecule has 148 valence electrons. The lowest BCUT2D eigenvalue weighted by molar-refractivity contribution is 0.0599. The van der Waals surface area contributed by atoms with Gasteiger partial charge in [-0.15, -0.1) is 0 Å². The molecular weight excluding hydrogens is 374 g/mol. The van der Waals surface area contributed by atoms with Gasteiger partial charge in [0, 0.05) is 17.6 Å². The van der Waals surface area contributed by atoms with Crippen molar-refractivity contribution in [2.75, 3.05) is 44.4 Å². The molecule has 3 heterocycles. The lowest BCUT2D eigenvalue weighted by atomic mass is 10.1. The van der Waals surface area contributed by atoms with Gasteiger partial charge in [-0.2, -0.15) is 0 Å². The van der Waals surface area contributed by atoms with Gasteiger partial charge in [-0.1, -0.05) is 30.3 Å². The van der Waals surface area contributed by atoms with Crippen molar-refractivity contribution in [1.29, 1.82) is 0 Å². The van der Waals surface area contributed by atoms with E-state index in [0.717, 1.165) is 35.1 Å². The summed E-state index contributed by atoms with van der Waals surface area (Å²) in [5.74, 6) is 0.613. The van der Waals surface area contributed by atoms with E-state index in [4.69, 9.17) is 9.47 Å². The largest absolute Gasteiger partial charge is 0.446 e. The van der Waals surface area contributed by atoms with Gasteiger partial charge in [0.2, 0.25) is 0 Å². The fraction of sp³-hybridized carbons (Fsp3) is 0.429. The molecular formula is C21H25N3O3S. The fourth-order valence-corrected chi connectivity index (χ4v) is 4.54. The molecule has 2 aliphatic heterocycles. The molecule has 0 atom stereocenters. The molecule has 0 spiro atoms. The van der Waals surface area contributed by atoms with Gasteiger partial charge in [0.15, 0.2) is 5.82 Å². The van der Waals surface area contributed by atoms with Gasteiger partial charge in [-0.05, 0) is 50.2 Å². The van der Waals surface area contributed by atoms with Crippen LogP contribution in [-0.2, 0) is 9.47 Å². The number of aromatic nitrogens is 1. The van der Waals surface area contributed by atoms with Crippen molar-refractivity contribution in [1.82, 2.24) is 9.88 Å². The Bertz CT molecular complexity index is 765. The smallest absolute Gasteiger partial charge is 0.420 e. The number of ether oxygens (including phenoxy) is 2. The minimum Gasteiger partial charge on any atom is -0.446 e. The van der Waals surface area contributed by atoms with Crippen molar-refractivity contribution in [3.8, 4) is 0 Å². The van der Waals surface area contributed by atoms with Crippen LogP contribution >= 0.6 is 11.8 Å². The van der Waals surface area contributed by atoms with Crippen molar-refractivity contribution in [3.05, 3.63) is 42.6 Å². The molecule has 7 heteroatoms. The topological polar surface area (TPSA) is 54.9 Å². The highest BCUT2D eigenvalue weighted by Crippen LogP contribution is 2.46. The van der Waals surface area contributed by atoms with Crippen LogP contribution in [0.1, 0.15) is 19.3 Å². The first-order valence-corrected chi connectivity index (χ1v) is 10.6. The van der Waals surface area contributed by atoms with Gasteiger partial charge >= 0.3 is 6.09 Å². The third kappa shape index (κ3) is 4.48. The van der Waals surface area contributed by atoms with Crippen molar-refractivity contribution in [2.45, 2.75) is 29.1 Å². The Kier molecular flexibility index (Phi) is 6.46. The van der Waals surface area contributed by atoms with Crippen LogP contribution in [0.3, 0.4) is 0 Å². The van der Waals surface area contributed by atoms with E-state index in [2.05, 4.69) is 9.88 Å². The summed E-state index contributed by atoms with van der Waals surface area (Å²) < 4.78 is 11.1. The van der Waals surface area contributed by atoms with E-state index < -0.39 is 6.09 Å². The highest BCUT2D eigenvalue weighted by Gasteiger charge is 2.30. The third-order valence-electron chi connectivity index (χ3n) is 4.93. The Hall–Kier alpha value is -2.09. The maximum Gasteiger partial charge on any atom is 0.420 e. The number of likely N-dealkylation sites (tertiary alicyclic amines) is 1. The first-order valence-electron chi connectivity index (χ1n) is 9.82. The van der Waals surface area contributed by atoms with E-state index in [1.807, 2.05) is 36.4 Å². The Morgan fingerprint density at radius 1 is 1.00 bits per heavy atom. The maximum atomic E-state index is 12.8. The average Bonchev–Trinajstić information content (AvgIpc) is 2.75. The van der Waals surface area contributed by atoms with Crippen LogP contribution < -0.4 is 4.90 Å². The summed E-state index contributed by atoms with van der Waals surface area (Å²) in [4.78, 5) is 23.1. The summed E-state index contributed by atoms with van der Waals surface area (Å²) in [6.07, 6.45) is 5.17. The lowest BCUT2D eigenvalue weighted by Gasteiger charge is -2.29. The van der Waals surface area contributed by atoms with Gasteiger partial charge in [0.1, 0.15) is 6.61 Å². The molecule has 4 rings (SSSR count). The van der Waals surface area contributed by atoms with E-state index in [9.17, 15) is 4.79 Å². The van der Waals surface area contributed by atoms with Crippen LogP contribution in [0.25, 0.3) is 0 Å². The predicted octanol–water partition coefficient (Wildman–Crippen LogP) is 4.32. The summed E-state index contributed by atoms with van der Waals surface area (Å²) in [5.41, 5.74) is 0.801. The monoisotopic (exact) mass is 399 g/mol. The molecule has 1 aromatic carbocycles. The number of hydrogen-bond acceptors (Lipinski definition) is 6. The second-order valence-corrected chi connectivity index (χ2v) is 7.94. The summed E-state index contributed by atoms with van der Waals surface area (Å²) in [6, 6.07) is 11.6. The molecule has 0 N–H and O–H groups in total. The molecule has 1 aromatic heterocycles. The second kappa shape index (κ2) is 9.41. The number of nitrogens with zero attached hydrogens (tertiary/aromatic N) is 3. The zero-order valence-electron chi connectivity index (χ0n) is 15.9. The molecule has 0 radical (unpaired) electrons. The van der Waals surface area contributed by atoms with E-state index in [-0.39, 0.29) is 6.61 Å². The number of carbonyl (C=O) groups excluding carboxylic acids is 1. The van der Waals surface area contributed by atoms with Gasteiger partial charge in [0.25, 0.3) is 0 Å². The van der Waals surface area contributed by atoms with Gasteiger partial charge in [0.05, 0.1) is 23.8 Å². The van der Waals surface area contributed by atoms with Crippen LogP contribution in [0.4, 0.5) is 16.3 Å². The average molecular weight is 400 g/mol. The summed E-state index contributed by atoms with van der Waals surface area (Å²) in [7, 11) is 0. The molecule has 0 aliphatic carbocycles. The summed E-state index contributed by atoms with van der Waals surface area (Å²) in [5, 5.41) is 0. The van der Waals surface area contributed by atoms with E-state index >= 15 is 0 Å². The van der Waals surface area contributed by atoms with Gasteiger partial charge < -0.3 is 14.4 Å². The number of pyridine rings is 1. The molecule has 0 unspecified atom stereocenters. The van der Waals surface area contributed by atoms with Crippen LogP contribution in [0.2, 0.25) is 0 Å². The molecule has 1 amide bonds. The normalized spacial score (nSPS) is 16.4.